The number of aliphatic carboxylic acids is 1. The number of benzene rings is 1. The predicted octanol–water partition coefficient (Wildman–Crippen LogP) is 2.65. The van der Waals surface area contributed by atoms with E-state index in [1.54, 1.807) is 19.1 Å². The molecule has 0 aliphatic heterocycles. The lowest BCUT2D eigenvalue weighted by Gasteiger charge is -2.13. The number of carbonyl (C=O) groups is 2. The molecule has 92 valence electrons. The van der Waals surface area contributed by atoms with Gasteiger partial charge in [0.1, 0.15) is 6.04 Å². The number of carbonyl (C=O) groups excluding carboxylic acids is 1. The molecule has 1 atom stereocenters. The maximum Gasteiger partial charge on any atom is 0.326 e. The van der Waals surface area contributed by atoms with Gasteiger partial charge in [-0.25, -0.2) is 4.79 Å². The van der Waals surface area contributed by atoms with Crippen molar-refractivity contribution in [2.75, 3.05) is 0 Å². The maximum atomic E-state index is 11.9. The third-order valence-corrected chi connectivity index (χ3v) is 3.55. The third-order valence-electron chi connectivity index (χ3n) is 2.18. The van der Waals surface area contributed by atoms with E-state index < -0.39 is 12.0 Å². The van der Waals surface area contributed by atoms with Gasteiger partial charge in [0, 0.05) is 8.04 Å². The van der Waals surface area contributed by atoms with Gasteiger partial charge >= 0.3 is 5.97 Å². The Bertz CT molecular complexity index is 450. The predicted molar refractivity (Wildman–Crippen MR) is 76.0 cm³/mol. The first-order valence-corrected chi connectivity index (χ1v) is 6.81. The van der Waals surface area contributed by atoms with E-state index in [1.165, 1.54) is 0 Å². The number of hydrogen-bond donors (Lipinski definition) is 2. The molecule has 0 unspecified atom stereocenters. The molecular formula is C11H11BrINO3. The minimum atomic E-state index is -1.03. The Hall–Kier alpha value is -0.630. The van der Waals surface area contributed by atoms with Gasteiger partial charge in [-0.1, -0.05) is 6.92 Å². The van der Waals surface area contributed by atoms with Crippen LogP contribution in [0.3, 0.4) is 0 Å². The van der Waals surface area contributed by atoms with Gasteiger partial charge in [-0.05, 0) is 63.1 Å². The first-order chi connectivity index (χ1) is 7.95. The van der Waals surface area contributed by atoms with E-state index in [1.807, 2.05) is 6.07 Å². The Morgan fingerprint density at radius 3 is 2.71 bits per heavy atom. The second kappa shape index (κ2) is 6.34. The highest BCUT2D eigenvalue weighted by atomic mass is 127. The second-order valence-corrected chi connectivity index (χ2v) is 5.50. The van der Waals surface area contributed by atoms with Crippen molar-refractivity contribution in [1.82, 2.24) is 5.32 Å². The lowest BCUT2D eigenvalue weighted by atomic mass is 10.1. The summed E-state index contributed by atoms with van der Waals surface area (Å²) in [4.78, 5) is 22.7. The minimum Gasteiger partial charge on any atom is -0.480 e. The molecule has 0 saturated heterocycles. The minimum absolute atomic E-state index is 0.350. The summed E-state index contributed by atoms with van der Waals surface area (Å²) < 4.78 is 1.56. The fourth-order valence-electron chi connectivity index (χ4n) is 1.25. The fraction of sp³-hybridized carbons (Fsp3) is 0.273. The number of halogens is 2. The lowest BCUT2D eigenvalue weighted by molar-refractivity contribution is -0.139. The smallest absolute Gasteiger partial charge is 0.326 e. The van der Waals surface area contributed by atoms with Crippen LogP contribution in [0.5, 0.6) is 0 Å². The number of nitrogens with one attached hydrogen (secondary N) is 1. The van der Waals surface area contributed by atoms with Crippen LogP contribution in [0.25, 0.3) is 0 Å². The van der Waals surface area contributed by atoms with E-state index >= 15 is 0 Å². The summed E-state index contributed by atoms with van der Waals surface area (Å²) in [6.45, 7) is 1.71. The van der Waals surface area contributed by atoms with Crippen molar-refractivity contribution in [3.63, 3.8) is 0 Å². The van der Waals surface area contributed by atoms with Gasteiger partial charge in [0.25, 0.3) is 5.91 Å². The molecule has 0 spiro atoms. The van der Waals surface area contributed by atoms with Crippen molar-refractivity contribution in [3.05, 3.63) is 31.8 Å². The van der Waals surface area contributed by atoms with E-state index in [0.29, 0.717) is 16.5 Å². The molecule has 0 saturated carbocycles. The van der Waals surface area contributed by atoms with Gasteiger partial charge < -0.3 is 10.4 Å². The van der Waals surface area contributed by atoms with Gasteiger partial charge in [0.15, 0.2) is 0 Å². The van der Waals surface area contributed by atoms with Crippen molar-refractivity contribution < 1.29 is 14.7 Å². The van der Waals surface area contributed by atoms with Crippen LogP contribution >= 0.6 is 38.5 Å². The molecule has 0 aliphatic rings. The monoisotopic (exact) mass is 411 g/mol. The first-order valence-electron chi connectivity index (χ1n) is 4.94. The highest BCUT2D eigenvalue weighted by molar-refractivity contribution is 14.1. The maximum absolute atomic E-state index is 11.9. The number of carboxylic acid groups (broad SMARTS) is 1. The van der Waals surface area contributed by atoms with E-state index in [4.69, 9.17) is 5.11 Å². The van der Waals surface area contributed by atoms with Crippen molar-refractivity contribution in [1.29, 1.82) is 0 Å². The summed E-state index contributed by atoms with van der Waals surface area (Å²) in [7, 11) is 0. The third kappa shape index (κ3) is 3.95. The van der Waals surface area contributed by atoms with Crippen molar-refractivity contribution in [2.24, 2.45) is 0 Å². The van der Waals surface area contributed by atoms with Crippen LogP contribution in [-0.4, -0.2) is 23.0 Å². The standard InChI is InChI=1S/C11H11BrINO3/c1-2-9(11(16)17)14-10(15)7-5-6(13)3-4-8(7)12/h3-5,9H,2H2,1H3,(H,14,15)(H,16,17)/t9-/m1/s1. The number of hydrogen-bond acceptors (Lipinski definition) is 2. The largest absolute Gasteiger partial charge is 0.480 e. The molecular weight excluding hydrogens is 401 g/mol. The average molecular weight is 412 g/mol. The molecule has 2 N–H and O–H groups in total. The molecule has 0 fully saturated rings. The molecule has 1 amide bonds. The van der Waals surface area contributed by atoms with Crippen LogP contribution < -0.4 is 5.32 Å². The highest BCUT2D eigenvalue weighted by Crippen LogP contribution is 2.19. The number of rotatable bonds is 4. The highest BCUT2D eigenvalue weighted by Gasteiger charge is 2.19. The van der Waals surface area contributed by atoms with Crippen LogP contribution in [0.2, 0.25) is 0 Å². The summed E-state index contributed by atoms with van der Waals surface area (Å²) in [5.41, 5.74) is 0.441. The summed E-state index contributed by atoms with van der Waals surface area (Å²) in [5, 5.41) is 11.3. The van der Waals surface area contributed by atoms with Crippen LogP contribution in [0, 0.1) is 3.57 Å². The fourth-order valence-corrected chi connectivity index (χ4v) is 2.16. The van der Waals surface area contributed by atoms with E-state index in [0.717, 1.165) is 3.57 Å². The topological polar surface area (TPSA) is 66.4 Å². The second-order valence-electron chi connectivity index (χ2n) is 3.40. The molecule has 1 rings (SSSR count). The molecule has 4 nitrogen and oxygen atoms in total. The average Bonchev–Trinajstić information content (AvgIpc) is 2.28. The summed E-state index contributed by atoms with van der Waals surface area (Å²) in [6.07, 6.45) is 0.350. The van der Waals surface area contributed by atoms with Gasteiger partial charge in [0.2, 0.25) is 0 Å². The van der Waals surface area contributed by atoms with Crippen molar-refractivity contribution >= 4 is 50.4 Å². The van der Waals surface area contributed by atoms with Crippen LogP contribution in [0.4, 0.5) is 0 Å². The van der Waals surface area contributed by atoms with Crippen LogP contribution in [-0.2, 0) is 4.79 Å². The molecule has 1 aromatic carbocycles. The van der Waals surface area contributed by atoms with E-state index in [2.05, 4.69) is 43.8 Å². The SMILES string of the molecule is CC[C@@H](NC(=O)c1cc(I)ccc1Br)C(=O)O. The number of amides is 1. The summed E-state index contributed by atoms with van der Waals surface area (Å²) in [5.74, 6) is -1.41. The quantitative estimate of drug-likeness (QED) is 0.748. The zero-order chi connectivity index (χ0) is 13.0. The van der Waals surface area contributed by atoms with Gasteiger partial charge in [0.05, 0.1) is 5.56 Å². The summed E-state index contributed by atoms with van der Waals surface area (Å²) in [6, 6.07) is 4.47. The van der Waals surface area contributed by atoms with Crippen LogP contribution in [0.1, 0.15) is 23.7 Å². The molecule has 0 aliphatic carbocycles. The van der Waals surface area contributed by atoms with Gasteiger partial charge in [-0.2, -0.15) is 0 Å². The molecule has 0 radical (unpaired) electrons. The van der Waals surface area contributed by atoms with E-state index in [9.17, 15) is 9.59 Å². The molecule has 0 bridgehead atoms. The Balaban J connectivity index is 2.89. The van der Waals surface area contributed by atoms with Crippen molar-refractivity contribution in [2.45, 2.75) is 19.4 Å². The zero-order valence-electron chi connectivity index (χ0n) is 9.04. The number of carboxylic acids is 1. The Morgan fingerprint density at radius 2 is 2.18 bits per heavy atom. The molecule has 17 heavy (non-hydrogen) atoms. The first kappa shape index (κ1) is 14.4. The normalized spacial score (nSPS) is 11.9. The molecule has 0 aromatic heterocycles. The lowest BCUT2D eigenvalue weighted by Crippen LogP contribution is -2.40. The van der Waals surface area contributed by atoms with E-state index in [-0.39, 0.29) is 5.91 Å². The van der Waals surface area contributed by atoms with Gasteiger partial charge in [-0.15, -0.1) is 0 Å². The molecule has 0 heterocycles. The Morgan fingerprint density at radius 1 is 1.53 bits per heavy atom. The molecule has 1 aromatic rings. The summed E-state index contributed by atoms with van der Waals surface area (Å²) >= 11 is 5.36. The zero-order valence-corrected chi connectivity index (χ0v) is 12.8. The Kier molecular flexibility index (Phi) is 5.38. The molecule has 6 heteroatoms. The van der Waals surface area contributed by atoms with Gasteiger partial charge in [-0.3, -0.25) is 4.79 Å². The van der Waals surface area contributed by atoms with Crippen molar-refractivity contribution in [3.8, 4) is 0 Å². The van der Waals surface area contributed by atoms with Crippen LogP contribution in [0.15, 0.2) is 22.7 Å². The Labute approximate surface area is 121 Å².